The summed E-state index contributed by atoms with van der Waals surface area (Å²) in [5, 5.41) is 0. The van der Waals surface area contributed by atoms with E-state index in [1.807, 2.05) is 24.3 Å². The average molecular weight is 1330 g/mol. The topological polar surface area (TPSA) is 0 Å². The Morgan fingerprint density at radius 2 is 0.628 bits per heavy atom. The van der Waals surface area contributed by atoms with Crippen LogP contribution in [0.4, 0.5) is 0 Å². The van der Waals surface area contributed by atoms with Crippen molar-refractivity contribution >= 4 is 6.41 Å². The molecule has 4 aliphatic rings. The van der Waals surface area contributed by atoms with Crippen molar-refractivity contribution < 1.29 is 73.3 Å². The maximum atomic E-state index is 3.67. The van der Waals surface area contributed by atoms with Gasteiger partial charge in [0.15, 0.2) is 0 Å². The molecule has 0 nitrogen and oxygen atoms in total. The van der Waals surface area contributed by atoms with Crippen LogP contribution in [0.1, 0.15) is 185 Å². The molecule has 0 unspecified atom stereocenters. The summed E-state index contributed by atoms with van der Waals surface area (Å²) in [6.07, 6.45) is 22.1. The predicted molar refractivity (Wildman–Crippen MR) is 356 cm³/mol. The molecule has 440 valence electrons. The van der Waals surface area contributed by atoms with Gasteiger partial charge >= 0.3 is 224 Å². The number of hydrogen-bond donors (Lipinski definition) is 0. The largest absolute Gasteiger partial charge is 1.00 e. The van der Waals surface area contributed by atoms with Crippen LogP contribution in [0.3, 0.4) is 0 Å². The standard InChI is InChI=1S/2C21H25.2C15H14.2C5H5.2ClH.2Zr/c2*1-20(2,3)16-7-9-18-14(12-16)11-15-13-17(21(4,5)6)8-10-19(15)18;2*1-12-3-7-14(8-4-12)11-15-9-5-13(2)6-10-15;2*1-2-4-5-3-1;;;;/h2*7-10,12H,11H2,1-6H3;2*3-10H,1-2H3;2*1-3H,4H2;2*1H;;/q2*-1;;;2*-1;;;2*+2/p-2. The molecule has 0 N–H and O–H groups in total. The summed E-state index contributed by atoms with van der Waals surface area (Å²) in [5.74, 6) is 0. The summed E-state index contributed by atoms with van der Waals surface area (Å²) < 4.78 is 2.85. The molecule has 0 atom stereocenters. The first-order valence-electron chi connectivity index (χ1n) is 29.9. The molecule has 8 aromatic carbocycles. The second-order valence-corrected chi connectivity index (χ2v) is 29.3. The van der Waals surface area contributed by atoms with Crippen molar-refractivity contribution in [2.24, 2.45) is 0 Å². The van der Waals surface area contributed by atoms with Crippen LogP contribution in [0.15, 0.2) is 194 Å². The summed E-state index contributed by atoms with van der Waals surface area (Å²) in [5.41, 5.74) is 28.0. The van der Waals surface area contributed by atoms with Gasteiger partial charge in [-0.25, -0.2) is 24.3 Å². The first-order valence-corrected chi connectivity index (χ1v) is 32.4. The second-order valence-electron chi connectivity index (χ2n) is 26.8. The smallest absolute Gasteiger partial charge is 0.109 e. The van der Waals surface area contributed by atoms with E-state index in [9.17, 15) is 0 Å². The SMILES string of the molecule is CC(C)(C)c1[c-]c2c(cc1)-c1ccc(C(C)(C)C)cc1C2.CC(C)(C)c1[c-]c2c(cc1)-c1ccc(C(C)(C)C)cc1C2.Cc1ccc([C](=[Zr+2])c2ccc(C)cc2)cc1.Cc1ccc([C](=[Zr+2])c2ccc(C)cc2)cc1.[C-]1=CC=CC1.[C-]1=CC=CC1.[Cl-].[Cl-]. The minimum absolute atomic E-state index is 0. The first kappa shape index (κ1) is 71.6. The Balaban J connectivity index is 0.000000198. The summed E-state index contributed by atoms with van der Waals surface area (Å²) in [4.78, 5) is 0. The van der Waals surface area contributed by atoms with Crippen LogP contribution >= 0.6 is 0 Å². The minimum Gasteiger partial charge on any atom is -1.00 e. The fraction of sp³-hybridized carbons (Fsp3) is 0.293. The number of aryl methyl sites for hydroxylation is 4. The van der Waals surface area contributed by atoms with Crippen molar-refractivity contribution in [1.29, 1.82) is 0 Å². The van der Waals surface area contributed by atoms with E-state index in [0.717, 1.165) is 25.7 Å². The number of allylic oxidation sites excluding steroid dienone is 8. The van der Waals surface area contributed by atoms with Crippen molar-refractivity contribution in [3.8, 4) is 22.3 Å². The number of fused-ring (bicyclic) bond motifs is 6. The quantitative estimate of drug-likeness (QED) is 0.154. The van der Waals surface area contributed by atoms with Gasteiger partial charge in [-0.1, -0.05) is 131 Å². The molecule has 0 heterocycles. The zero-order chi connectivity index (χ0) is 61.0. The number of hydrogen-bond acceptors (Lipinski definition) is 0. The molecule has 0 saturated heterocycles. The van der Waals surface area contributed by atoms with Crippen molar-refractivity contribution in [2.75, 3.05) is 0 Å². The van der Waals surface area contributed by atoms with E-state index in [2.05, 4.69) is 305 Å². The summed E-state index contributed by atoms with van der Waals surface area (Å²) in [6, 6.07) is 65.4. The van der Waals surface area contributed by atoms with Gasteiger partial charge in [-0.15, -0.1) is 35.1 Å². The molecule has 12 rings (SSSR count). The molecule has 0 bridgehead atoms. The van der Waals surface area contributed by atoms with Crippen molar-refractivity contribution in [3.05, 3.63) is 307 Å². The van der Waals surface area contributed by atoms with Gasteiger partial charge in [-0.05, 0) is 56.8 Å². The maximum absolute atomic E-state index is 3.67. The molecule has 0 fully saturated rings. The molecular formula is C82H88Cl2Zr2-2. The molecule has 0 spiro atoms. The Morgan fingerprint density at radius 3 is 0.849 bits per heavy atom. The average Bonchev–Trinajstić information content (AvgIpc) is 3.83. The van der Waals surface area contributed by atoms with E-state index >= 15 is 0 Å². The van der Waals surface area contributed by atoms with Gasteiger partial charge in [0, 0.05) is 0 Å². The normalized spacial score (nSPS) is 12.7. The molecule has 4 aliphatic carbocycles. The Labute approximate surface area is 562 Å². The Kier molecular flexibility index (Phi) is 26.5. The van der Waals surface area contributed by atoms with Gasteiger partial charge < -0.3 is 24.8 Å². The second kappa shape index (κ2) is 31.8. The third kappa shape index (κ3) is 20.4. The molecule has 0 aliphatic heterocycles. The van der Waals surface area contributed by atoms with Gasteiger partial charge in [-0.3, -0.25) is 12.2 Å². The molecule has 0 radical (unpaired) electrons. The van der Waals surface area contributed by atoms with Gasteiger partial charge in [-0.2, -0.15) is 59.7 Å². The fourth-order valence-electron chi connectivity index (χ4n) is 9.95. The van der Waals surface area contributed by atoms with E-state index in [1.54, 1.807) is 0 Å². The molecule has 86 heavy (non-hydrogen) atoms. The van der Waals surface area contributed by atoms with Crippen LogP contribution < -0.4 is 24.8 Å². The predicted octanol–water partition coefficient (Wildman–Crippen LogP) is 14.8. The summed E-state index contributed by atoms with van der Waals surface area (Å²) in [7, 11) is 0. The zero-order valence-electron chi connectivity index (χ0n) is 54.1. The van der Waals surface area contributed by atoms with Gasteiger partial charge in [0.2, 0.25) is 0 Å². The van der Waals surface area contributed by atoms with Crippen molar-refractivity contribution in [1.82, 2.24) is 0 Å². The van der Waals surface area contributed by atoms with E-state index in [-0.39, 0.29) is 46.5 Å². The molecule has 0 amide bonds. The molecule has 0 saturated carbocycles. The van der Waals surface area contributed by atoms with Crippen molar-refractivity contribution in [2.45, 2.75) is 158 Å². The van der Waals surface area contributed by atoms with Crippen molar-refractivity contribution in [3.63, 3.8) is 0 Å². The zero-order valence-corrected chi connectivity index (χ0v) is 60.5. The third-order valence-corrected chi connectivity index (χ3v) is 18.3. The Hall–Kier alpha value is -5.19. The van der Waals surface area contributed by atoms with Crippen LogP contribution in [0, 0.1) is 52.0 Å². The van der Waals surface area contributed by atoms with Crippen LogP contribution in [-0.4, -0.2) is 6.41 Å². The number of rotatable bonds is 4. The minimum atomic E-state index is 0. The van der Waals surface area contributed by atoms with Crippen LogP contribution in [-0.2, 0) is 83.0 Å². The molecular weight excluding hydrogens is 1240 g/mol. The maximum Gasteiger partial charge on any atom is -0.109 e. The van der Waals surface area contributed by atoms with E-state index in [4.69, 9.17) is 0 Å². The van der Waals surface area contributed by atoms with Crippen LogP contribution in [0.5, 0.6) is 0 Å². The monoisotopic (exact) mass is 1320 g/mol. The third-order valence-electron chi connectivity index (χ3n) is 15.5. The van der Waals surface area contributed by atoms with Gasteiger partial charge in [0.05, 0.1) is 0 Å². The van der Waals surface area contributed by atoms with E-state index in [0.29, 0.717) is 0 Å². The van der Waals surface area contributed by atoms with Crippen LogP contribution in [0.25, 0.3) is 22.3 Å². The number of halogens is 2. The summed E-state index contributed by atoms with van der Waals surface area (Å²) >= 11 is 2.93. The Morgan fingerprint density at radius 1 is 0.349 bits per heavy atom. The molecule has 4 heteroatoms. The first-order chi connectivity index (χ1) is 39.6. The van der Waals surface area contributed by atoms with Gasteiger partial charge in [0.1, 0.15) is 0 Å². The number of benzene rings is 8. The summed E-state index contributed by atoms with van der Waals surface area (Å²) in [6.45, 7) is 35.7. The van der Waals surface area contributed by atoms with E-state index in [1.165, 1.54) is 166 Å². The van der Waals surface area contributed by atoms with Crippen LogP contribution in [0.2, 0.25) is 0 Å². The Bertz CT molecular complexity index is 3180. The van der Waals surface area contributed by atoms with Gasteiger partial charge in [0.25, 0.3) is 0 Å². The van der Waals surface area contributed by atoms with E-state index < -0.39 is 0 Å². The molecule has 0 aromatic heterocycles. The fourth-order valence-corrected chi connectivity index (χ4v) is 11.6. The molecule has 8 aromatic rings.